The Morgan fingerprint density at radius 2 is 2.00 bits per heavy atom. The van der Waals surface area contributed by atoms with Gasteiger partial charge in [-0.2, -0.15) is 4.39 Å². The van der Waals surface area contributed by atoms with Crippen LogP contribution < -0.4 is 5.73 Å². The number of nitrogens with two attached hydrogens (primary N) is 1. The molecule has 11 heavy (non-hydrogen) atoms. The van der Waals surface area contributed by atoms with E-state index >= 15 is 0 Å². The van der Waals surface area contributed by atoms with E-state index in [-0.39, 0.29) is 6.54 Å². The van der Waals surface area contributed by atoms with Crippen molar-refractivity contribution in [3.63, 3.8) is 0 Å². The van der Waals surface area contributed by atoms with E-state index in [1.807, 2.05) is 0 Å². The van der Waals surface area contributed by atoms with E-state index in [4.69, 9.17) is 10.8 Å². The Balaban J connectivity index is 3.21. The number of halogens is 2. The van der Waals surface area contributed by atoms with E-state index in [0.29, 0.717) is 5.56 Å². The van der Waals surface area contributed by atoms with Gasteiger partial charge in [0.05, 0.1) is 0 Å². The van der Waals surface area contributed by atoms with Gasteiger partial charge in [-0.05, 0) is 17.7 Å². The minimum atomic E-state index is -1.23. The number of phenols is 1. The first kappa shape index (κ1) is 7.94. The fourth-order valence-electron chi connectivity index (χ4n) is 0.747. The molecule has 1 rings (SSSR count). The zero-order chi connectivity index (χ0) is 8.43. The molecule has 1 aromatic carbocycles. The Morgan fingerprint density at radius 3 is 2.45 bits per heavy atom. The number of benzene rings is 1. The lowest BCUT2D eigenvalue weighted by Gasteiger charge is -1.99. The summed E-state index contributed by atoms with van der Waals surface area (Å²) < 4.78 is 24.8. The Labute approximate surface area is 62.3 Å². The third kappa shape index (κ3) is 1.46. The standard InChI is InChI=1S/C7H7F2NO/c8-5-1-4(3-10)2-6(11)7(5)9/h1-2,11H,3,10H2. The molecular formula is C7H7F2NO. The van der Waals surface area contributed by atoms with Gasteiger partial charge in [0.1, 0.15) is 0 Å². The van der Waals surface area contributed by atoms with Gasteiger partial charge in [-0.1, -0.05) is 0 Å². The molecule has 0 aliphatic carbocycles. The van der Waals surface area contributed by atoms with Crippen LogP contribution in [0.5, 0.6) is 5.75 Å². The van der Waals surface area contributed by atoms with Gasteiger partial charge in [0, 0.05) is 6.54 Å². The van der Waals surface area contributed by atoms with Crippen molar-refractivity contribution in [3.8, 4) is 5.75 Å². The normalized spacial score (nSPS) is 10.1. The predicted octanol–water partition coefficient (Wildman–Crippen LogP) is 1.13. The molecule has 0 heterocycles. The summed E-state index contributed by atoms with van der Waals surface area (Å²) in [6.45, 7) is 0.0742. The average Bonchev–Trinajstić information content (AvgIpc) is 1.99. The summed E-state index contributed by atoms with van der Waals surface area (Å²) in [5.74, 6) is -3.02. The van der Waals surface area contributed by atoms with Crippen LogP contribution in [0.2, 0.25) is 0 Å². The maximum Gasteiger partial charge on any atom is 0.200 e. The van der Waals surface area contributed by atoms with Gasteiger partial charge in [-0.3, -0.25) is 0 Å². The maximum absolute atomic E-state index is 12.4. The highest BCUT2D eigenvalue weighted by atomic mass is 19.2. The van der Waals surface area contributed by atoms with Crippen LogP contribution in [-0.2, 0) is 6.54 Å². The highest BCUT2D eigenvalue weighted by Gasteiger charge is 2.07. The van der Waals surface area contributed by atoms with E-state index in [2.05, 4.69) is 0 Å². The molecule has 0 saturated heterocycles. The fraction of sp³-hybridized carbons (Fsp3) is 0.143. The van der Waals surface area contributed by atoms with Crippen LogP contribution in [-0.4, -0.2) is 5.11 Å². The molecule has 0 spiro atoms. The van der Waals surface area contributed by atoms with E-state index in [1.165, 1.54) is 0 Å². The predicted molar refractivity (Wildman–Crippen MR) is 35.9 cm³/mol. The third-order valence-corrected chi connectivity index (χ3v) is 1.30. The molecule has 60 valence electrons. The summed E-state index contributed by atoms with van der Waals surface area (Å²) in [5, 5.41) is 8.74. The first-order valence-electron chi connectivity index (χ1n) is 3.02. The SMILES string of the molecule is NCc1cc(O)c(F)c(F)c1. The largest absolute Gasteiger partial charge is 0.505 e. The quantitative estimate of drug-likeness (QED) is 0.645. The molecule has 0 aromatic heterocycles. The second-order valence-electron chi connectivity index (χ2n) is 2.11. The smallest absolute Gasteiger partial charge is 0.200 e. The van der Waals surface area contributed by atoms with Crippen molar-refractivity contribution in [1.29, 1.82) is 0 Å². The summed E-state index contributed by atoms with van der Waals surface area (Å²) in [5.41, 5.74) is 5.50. The number of hydrogen-bond acceptors (Lipinski definition) is 2. The first-order valence-corrected chi connectivity index (χ1v) is 3.02. The van der Waals surface area contributed by atoms with Gasteiger partial charge in [0.15, 0.2) is 17.4 Å². The fourth-order valence-corrected chi connectivity index (χ4v) is 0.747. The van der Waals surface area contributed by atoms with Crippen molar-refractivity contribution in [2.24, 2.45) is 5.73 Å². The van der Waals surface area contributed by atoms with Crippen molar-refractivity contribution >= 4 is 0 Å². The third-order valence-electron chi connectivity index (χ3n) is 1.30. The van der Waals surface area contributed by atoms with Crippen molar-refractivity contribution in [1.82, 2.24) is 0 Å². The Hall–Kier alpha value is -1.16. The van der Waals surface area contributed by atoms with Gasteiger partial charge in [0.2, 0.25) is 0 Å². The molecule has 2 nitrogen and oxygen atoms in total. The minimum Gasteiger partial charge on any atom is -0.505 e. The van der Waals surface area contributed by atoms with Gasteiger partial charge < -0.3 is 10.8 Å². The topological polar surface area (TPSA) is 46.2 Å². The van der Waals surface area contributed by atoms with Crippen LogP contribution in [0.25, 0.3) is 0 Å². The Morgan fingerprint density at radius 1 is 1.36 bits per heavy atom. The summed E-state index contributed by atoms with van der Waals surface area (Å²) in [4.78, 5) is 0. The number of aromatic hydroxyl groups is 1. The van der Waals surface area contributed by atoms with E-state index < -0.39 is 17.4 Å². The Bertz CT molecular complexity index is 252. The molecule has 1 aromatic rings. The molecule has 0 saturated carbocycles. The lowest BCUT2D eigenvalue weighted by molar-refractivity contribution is 0.406. The van der Waals surface area contributed by atoms with E-state index in [9.17, 15) is 8.78 Å². The van der Waals surface area contributed by atoms with Gasteiger partial charge >= 0.3 is 0 Å². The summed E-state index contributed by atoms with van der Waals surface area (Å²) in [7, 11) is 0. The van der Waals surface area contributed by atoms with Gasteiger partial charge in [0.25, 0.3) is 0 Å². The molecule has 0 aliphatic rings. The van der Waals surface area contributed by atoms with Crippen LogP contribution in [0.4, 0.5) is 8.78 Å². The number of rotatable bonds is 1. The zero-order valence-electron chi connectivity index (χ0n) is 5.64. The molecule has 0 radical (unpaired) electrons. The minimum absolute atomic E-state index is 0.0742. The van der Waals surface area contributed by atoms with E-state index in [0.717, 1.165) is 12.1 Å². The molecule has 3 N–H and O–H groups in total. The van der Waals surface area contributed by atoms with Crippen LogP contribution >= 0.6 is 0 Å². The monoisotopic (exact) mass is 159 g/mol. The summed E-state index contributed by atoms with van der Waals surface area (Å²) in [6.07, 6.45) is 0. The molecule has 0 aliphatic heterocycles. The second kappa shape index (κ2) is 2.84. The van der Waals surface area contributed by atoms with Crippen LogP contribution in [0, 0.1) is 11.6 Å². The van der Waals surface area contributed by atoms with Crippen molar-refractivity contribution in [2.45, 2.75) is 6.54 Å². The van der Waals surface area contributed by atoms with Crippen LogP contribution in [0.3, 0.4) is 0 Å². The number of phenolic OH excluding ortho intramolecular Hbond substituents is 1. The molecule has 0 atom stereocenters. The first-order chi connectivity index (χ1) is 5.15. The number of hydrogen-bond donors (Lipinski definition) is 2. The summed E-state index contributed by atoms with van der Waals surface area (Å²) in [6, 6.07) is 2.05. The Kier molecular flexibility index (Phi) is 2.05. The lowest BCUT2D eigenvalue weighted by Crippen LogP contribution is -1.98. The van der Waals surface area contributed by atoms with Gasteiger partial charge in [-0.15, -0.1) is 0 Å². The average molecular weight is 159 g/mol. The molecule has 4 heteroatoms. The van der Waals surface area contributed by atoms with E-state index in [1.54, 1.807) is 0 Å². The highest BCUT2D eigenvalue weighted by Crippen LogP contribution is 2.19. The lowest BCUT2D eigenvalue weighted by atomic mass is 10.2. The second-order valence-corrected chi connectivity index (χ2v) is 2.11. The molecule has 0 amide bonds. The molecule has 0 fully saturated rings. The highest BCUT2D eigenvalue weighted by molar-refractivity contribution is 5.29. The molecule has 0 bridgehead atoms. The van der Waals surface area contributed by atoms with Crippen molar-refractivity contribution in [3.05, 3.63) is 29.3 Å². The van der Waals surface area contributed by atoms with Crippen molar-refractivity contribution in [2.75, 3.05) is 0 Å². The van der Waals surface area contributed by atoms with Crippen molar-refractivity contribution < 1.29 is 13.9 Å². The zero-order valence-corrected chi connectivity index (χ0v) is 5.64. The summed E-state index contributed by atoms with van der Waals surface area (Å²) >= 11 is 0. The maximum atomic E-state index is 12.4. The molecule has 0 unspecified atom stereocenters. The van der Waals surface area contributed by atoms with Crippen LogP contribution in [0.1, 0.15) is 5.56 Å². The van der Waals surface area contributed by atoms with Gasteiger partial charge in [-0.25, -0.2) is 4.39 Å². The molecular weight excluding hydrogens is 152 g/mol. The van der Waals surface area contributed by atoms with Crippen LogP contribution in [0.15, 0.2) is 12.1 Å².